The van der Waals surface area contributed by atoms with Crippen molar-refractivity contribution in [2.45, 2.75) is 32.2 Å². The molecule has 1 heterocycles. The van der Waals surface area contributed by atoms with Gasteiger partial charge in [-0.2, -0.15) is 5.26 Å². The maximum absolute atomic E-state index is 11.8. The van der Waals surface area contributed by atoms with Crippen LogP contribution in [0.2, 0.25) is 0 Å². The topological polar surface area (TPSA) is 47.3 Å². The van der Waals surface area contributed by atoms with Crippen LogP contribution in [-0.4, -0.2) is 48.4 Å². The fraction of sp³-hybridized carbons (Fsp3) is 0.818. The molecule has 1 amide bonds. The standard InChI is InChI=1S/C11H19N3O/c1-3-4-7-14-9-8-13(2)11(15)10(14)5-6-12/h10H,3-5,7-9H2,1-2H3. The molecule has 0 aromatic heterocycles. The Morgan fingerprint density at radius 2 is 2.27 bits per heavy atom. The van der Waals surface area contributed by atoms with Gasteiger partial charge in [0.15, 0.2) is 0 Å². The second-order valence-electron chi connectivity index (χ2n) is 4.03. The summed E-state index contributed by atoms with van der Waals surface area (Å²) in [5.41, 5.74) is 0. The molecule has 1 aliphatic rings. The number of nitriles is 1. The van der Waals surface area contributed by atoms with Crippen molar-refractivity contribution in [2.75, 3.05) is 26.7 Å². The van der Waals surface area contributed by atoms with Crippen molar-refractivity contribution >= 4 is 5.91 Å². The quantitative estimate of drug-likeness (QED) is 0.689. The molecule has 84 valence electrons. The molecule has 1 unspecified atom stereocenters. The van der Waals surface area contributed by atoms with E-state index < -0.39 is 0 Å². The van der Waals surface area contributed by atoms with Crippen molar-refractivity contribution in [1.82, 2.24) is 9.80 Å². The third-order valence-electron chi connectivity index (χ3n) is 2.91. The van der Waals surface area contributed by atoms with Gasteiger partial charge in [-0.15, -0.1) is 0 Å². The zero-order valence-corrected chi connectivity index (χ0v) is 9.57. The highest BCUT2D eigenvalue weighted by Crippen LogP contribution is 2.13. The Morgan fingerprint density at radius 3 is 2.87 bits per heavy atom. The van der Waals surface area contributed by atoms with Crippen LogP contribution in [0.3, 0.4) is 0 Å². The molecule has 0 aliphatic carbocycles. The molecule has 4 heteroatoms. The number of unbranched alkanes of at least 4 members (excludes halogenated alkanes) is 1. The van der Waals surface area contributed by atoms with Crippen molar-refractivity contribution in [3.05, 3.63) is 0 Å². The van der Waals surface area contributed by atoms with E-state index in [4.69, 9.17) is 5.26 Å². The lowest BCUT2D eigenvalue weighted by Gasteiger charge is -2.38. The predicted molar refractivity (Wildman–Crippen MR) is 58.1 cm³/mol. The van der Waals surface area contributed by atoms with Gasteiger partial charge in [-0.3, -0.25) is 9.69 Å². The zero-order chi connectivity index (χ0) is 11.3. The van der Waals surface area contributed by atoms with Gasteiger partial charge in [0.05, 0.1) is 12.5 Å². The van der Waals surface area contributed by atoms with Crippen molar-refractivity contribution in [3.63, 3.8) is 0 Å². The van der Waals surface area contributed by atoms with Gasteiger partial charge in [-0.1, -0.05) is 13.3 Å². The Kier molecular flexibility index (Phi) is 4.57. The molecule has 0 saturated carbocycles. The van der Waals surface area contributed by atoms with Crippen molar-refractivity contribution in [3.8, 4) is 6.07 Å². The van der Waals surface area contributed by atoms with Crippen LogP contribution in [0.25, 0.3) is 0 Å². The number of carbonyl (C=O) groups excluding carboxylic acids is 1. The second kappa shape index (κ2) is 5.72. The highest BCUT2D eigenvalue weighted by Gasteiger charge is 2.32. The average Bonchev–Trinajstić information content (AvgIpc) is 2.24. The molecule has 0 aromatic rings. The summed E-state index contributed by atoms with van der Waals surface area (Å²) >= 11 is 0. The lowest BCUT2D eigenvalue weighted by Crippen LogP contribution is -2.55. The van der Waals surface area contributed by atoms with Crippen LogP contribution in [0.5, 0.6) is 0 Å². The van der Waals surface area contributed by atoms with Crippen molar-refractivity contribution in [1.29, 1.82) is 5.26 Å². The molecule has 0 radical (unpaired) electrons. The number of likely N-dealkylation sites (N-methyl/N-ethyl adjacent to an activating group) is 1. The predicted octanol–water partition coefficient (Wildman–Crippen LogP) is 0.843. The summed E-state index contributed by atoms with van der Waals surface area (Å²) in [6.45, 7) is 4.75. The molecule has 1 rings (SSSR count). The van der Waals surface area contributed by atoms with Gasteiger partial charge in [-0.05, 0) is 13.0 Å². The number of hydrogen-bond donors (Lipinski definition) is 0. The molecule has 1 saturated heterocycles. The number of amides is 1. The first-order valence-corrected chi connectivity index (χ1v) is 5.56. The molecule has 0 N–H and O–H groups in total. The number of nitrogens with zero attached hydrogens (tertiary/aromatic N) is 3. The van der Waals surface area contributed by atoms with E-state index in [0.29, 0.717) is 6.42 Å². The number of carbonyl (C=O) groups is 1. The fourth-order valence-corrected chi connectivity index (χ4v) is 1.89. The second-order valence-corrected chi connectivity index (χ2v) is 4.03. The van der Waals surface area contributed by atoms with Crippen molar-refractivity contribution < 1.29 is 4.79 Å². The highest BCUT2D eigenvalue weighted by atomic mass is 16.2. The van der Waals surface area contributed by atoms with E-state index in [2.05, 4.69) is 17.9 Å². The molecule has 4 nitrogen and oxygen atoms in total. The third kappa shape index (κ3) is 2.93. The number of rotatable bonds is 4. The highest BCUT2D eigenvalue weighted by molar-refractivity contribution is 5.82. The van der Waals surface area contributed by atoms with Crippen molar-refractivity contribution in [2.24, 2.45) is 0 Å². The van der Waals surface area contributed by atoms with Crippen LogP contribution in [0.15, 0.2) is 0 Å². The normalized spacial score (nSPS) is 22.9. The molecule has 1 fully saturated rings. The number of piperazine rings is 1. The van der Waals surface area contributed by atoms with Crippen LogP contribution in [-0.2, 0) is 4.79 Å². The van der Waals surface area contributed by atoms with Crippen LogP contribution in [0, 0.1) is 11.3 Å². The molecular formula is C11H19N3O. The van der Waals surface area contributed by atoms with Crippen LogP contribution < -0.4 is 0 Å². The minimum atomic E-state index is -0.208. The van der Waals surface area contributed by atoms with Gasteiger partial charge < -0.3 is 4.90 Å². The molecule has 0 spiro atoms. The molecular weight excluding hydrogens is 190 g/mol. The summed E-state index contributed by atoms with van der Waals surface area (Å²) in [5, 5.41) is 8.72. The van der Waals surface area contributed by atoms with E-state index in [1.54, 1.807) is 4.90 Å². The Hall–Kier alpha value is -1.08. The summed E-state index contributed by atoms with van der Waals surface area (Å²) in [5.74, 6) is 0.0962. The molecule has 1 atom stereocenters. The molecule has 0 bridgehead atoms. The molecule has 1 aliphatic heterocycles. The lowest BCUT2D eigenvalue weighted by molar-refractivity contribution is -0.139. The first-order valence-electron chi connectivity index (χ1n) is 5.56. The summed E-state index contributed by atoms with van der Waals surface area (Å²) in [6.07, 6.45) is 2.53. The average molecular weight is 209 g/mol. The van der Waals surface area contributed by atoms with Gasteiger partial charge in [0.25, 0.3) is 0 Å². The van der Waals surface area contributed by atoms with E-state index in [0.717, 1.165) is 32.5 Å². The molecule has 0 aromatic carbocycles. The largest absolute Gasteiger partial charge is 0.343 e. The maximum atomic E-state index is 11.8. The Bertz CT molecular complexity index is 257. The molecule has 15 heavy (non-hydrogen) atoms. The first-order chi connectivity index (χ1) is 7.20. The van der Waals surface area contributed by atoms with Gasteiger partial charge in [0.1, 0.15) is 6.04 Å². The Morgan fingerprint density at radius 1 is 1.53 bits per heavy atom. The fourth-order valence-electron chi connectivity index (χ4n) is 1.89. The van der Waals surface area contributed by atoms with Gasteiger partial charge in [0.2, 0.25) is 5.91 Å². The SMILES string of the molecule is CCCCN1CCN(C)C(=O)C1CC#N. The van der Waals surface area contributed by atoms with Gasteiger partial charge in [0, 0.05) is 20.1 Å². The first kappa shape index (κ1) is 12.0. The van der Waals surface area contributed by atoms with E-state index >= 15 is 0 Å². The number of hydrogen-bond acceptors (Lipinski definition) is 3. The monoisotopic (exact) mass is 209 g/mol. The van der Waals surface area contributed by atoms with E-state index in [-0.39, 0.29) is 11.9 Å². The Labute approximate surface area is 91.5 Å². The van der Waals surface area contributed by atoms with Crippen LogP contribution in [0.1, 0.15) is 26.2 Å². The Balaban J connectivity index is 2.61. The maximum Gasteiger partial charge on any atom is 0.240 e. The minimum Gasteiger partial charge on any atom is -0.343 e. The van der Waals surface area contributed by atoms with Gasteiger partial charge >= 0.3 is 0 Å². The van der Waals surface area contributed by atoms with Crippen LogP contribution in [0.4, 0.5) is 0 Å². The smallest absolute Gasteiger partial charge is 0.240 e. The van der Waals surface area contributed by atoms with E-state index in [1.807, 2.05) is 7.05 Å². The van der Waals surface area contributed by atoms with Gasteiger partial charge in [-0.25, -0.2) is 0 Å². The summed E-state index contributed by atoms with van der Waals surface area (Å²) < 4.78 is 0. The lowest BCUT2D eigenvalue weighted by atomic mass is 10.1. The third-order valence-corrected chi connectivity index (χ3v) is 2.91. The summed E-state index contributed by atoms with van der Waals surface area (Å²) in [4.78, 5) is 15.7. The minimum absolute atomic E-state index is 0.0962. The van der Waals surface area contributed by atoms with E-state index in [1.165, 1.54) is 0 Å². The summed E-state index contributed by atoms with van der Waals surface area (Å²) in [6, 6.07) is 1.90. The van der Waals surface area contributed by atoms with Crippen LogP contribution >= 0.6 is 0 Å². The summed E-state index contributed by atoms with van der Waals surface area (Å²) in [7, 11) is 1.81. The van der Waals surface area contributed by atoms with E-state index in [9.17, 15) is 4.79 Å². The zero-order valence-electron chi connectivity index (χ0n) is 9.57.